The lowest BCUT2D eigenvalue weighted by Crippen LogP contribution is -2.37. The fourth-order valence-electron chi connectivity index (χ4n) is 3.52. The van der Waals surface area contributed by atoms with Gasteiger partial charge in [-0.2, -0.15) is 0 Å². The van der Waals surface area contributed by atoms with Gasteiger partial charge < -0.3 is 0 Å². The molecule has 1 amide bonds. The van der Waals surface area contributed by atoms with E-state index in [1.807, 2.05) is 37.3 Å². The number of fused-ring (bicyclic) bond motifs is 1. The van der Waals surface area contributed by atoms with Gasteiger partial charge in [-0.1, -0.05) is 47.7 Å². The lowest BCUT2D eigenvalue weighted by Gasteiger charge is -2.20. The van der Waals surface area contributed by atoms with Crippen molar-refractivity contribution < 1.29 is 4.79 Å². The number of carbonyl (C=O) groups excluding carboxylic acids is 1. The number of rotatable bonds is 5. The van der Waals surface area contributed by atoms with E-state index in [0.717, 1.165) is 26.9 Å². The van der Waals surface area contributed by atoms with E-state index < -0.39 is 0 Å². The van der Waals surface area contributed by atoms with E-state index in [1.165, 1.54) is 22.2 Å². The molecule has 0 saturated heterocycles. The second-order valence-corrected chi connectivity index (χ2v) is 8.79. The van der Waals surface area contributed by atoms with Crippen molar-refractivity contribution in [2.45, 2.75) is 40.8 Å². The Balaban J connectivity index is 1.74. The van der Waals surface area contributed by atoms with Crippen molar-refractivity contribution >= 4 is 32.6 Å². The van der Waals surface area contributed by atoms with Crippen LogP contribution in [-0.2, 0) is 17.9 Å². The van der Waals surface area contributed by atoms with Crippen molar-refractivity contribution in [1.82, 2.24) is 14.5 Å². The highest BCUT2D eigenvalue weighted by Crippen LogP contribution is 2.32. The van der Waals surface area contributed by atoms with Crippen LogP contribution in [-0.4, -0.2) is 20.4 Å². The van der Waals surface area contributed by atoms with Gasteiger partial charge in [0.15, 0.2) is 5.13 Å². The predicted molar refractivity (Wildman–Crippen MR) is 125 cm³/mol. The van der Waals surface area contributed by atoms with Crippen LogP contribution in [0.5, 0.6) is 0 Å². The average Bonchev–Trinajstić information content (AvgIpc) is 3.17. The maximum atomic E-state index is 13.4. The third-order valence-corrected chi connectivity index (χ3v) is 6.38. The molecule has 0 spiro atoms. The molecule has 2 aromatic heterocycles. The Bertz CT molecular complexity index is 1320. The molecule has 31 heavy (non-hydrogen) atoms. The first-order valence-electron chi connectivity index (χ1n) is 10.1. The molecule has 4 rings (SSSR count). The number of nitrogens with zero attached hydrogens (tertiary/aromatic N) is 4. The summed E-state index contributed by atoms with van der Waals surface area (Å²) >= 11 is 1.49. The lowest BCUT2D eigenvalue weighted by molar-refractivity contribution is -0.119. The summed E-state index contributed by atoms with van der Waals surface area (Å²) < 4.78 is 2.41. The van der Waals surface area contributed by atoms with E-state index in [9.17, 15) is 9.59 Å². The Kier molecular flexibility index (Phi) is 5.69. The van der Waals surface area contributed by atoms with Gasteiger partial charge in [0.1, 0.15) is 6.54 Å². The SMILES string of the molecule is Cc1cc(C)c2nc(N(Cc3ccccc3)C(=O)Cn3cnc(C)c(C)c3=O)sc2c1. The first-order chi connectivity index (χ1) is 14.8. The molecule has 0 saturated carbocycles. The molecular weight excluding hydrogens is 408 g/mol. The zero-order valence-electron chi connectivity index (χ0n) is 18.0. The smallest absolute Gasteiger partial charge is 0.256 e. The minimum absolute atomic E-state index is 0.0896. The van der Waals surface area contributed by atoms with Crippen LogP contribution in [0, 0.1) is 27.7 Å². The first kappa shape index (κ1) is 20.9. The summed E-state index contributed by atoms with van der Waals surface area (Å²) in [5.41, 5.74) is 5.17. The normalized spacial score (nSPS) is 11.1. The molecule has 6 nitrogen and oxygen atoms in total. The topological polar surface area (TPSA) is 68.1 Å². The highest BCUT2D eigenvalue weighted by atomic mass is 32.1. The Morgan fingerprint density at radius 1 is 1.10 bits per heavy atom. The Hall–Kier alpha value is -3.32. The van der Waals surface area contributed by atoms with Crippen LogP contribution in [0.15, 0.2) is 53.6 Å². The number of aryl methyl sites for hydroxylation is 3. The van der Waals surface area contributed by atoms with Crippen molar-refractivity contribution in [2.24, 2.45) is 0 Å². The van der Waals surface area contributed by atoms with E-state index in [1.54, 1.807) is 18.7 Å². The molecule has 0 aliphatic heterocycles. The second kappa shape index (κ2) is 8.43. The van der Waals surface area contributed by atoms with Crippen molar-refractivity contribution in [1.29, 1.82) is 0 Å². The largest absolute Gasteiger partial charge is 0.289 e. The van der Waals surface area contributed by atoms with Crippen molar-refractivity contribution in [2.75, 3.05) is 4.90 Å². The maximum absolute atomic E-state index is 13.4. The standard InChI is InChI=1S/C24H24N4O2S/c1-15-10-16(2)22-20(11-15)31-24(26-22)28(12-19-8-6-5-7-9-19)21(29)13-27-14-25-18(4)17(3)23(27)30/h5-11,14H,12-13H2,1-4H3. The Morgan fingerprint density at radius 2 is 1.84 bits per heavy atom. The van der Waals surface area contributed by atoms with Crippen LogP contribution in [0.1, 0.15) is 27.9 Å². The van der Waals surface area contributed by atoms with Crippen LogP contribution in [0.2, 0.25) is 0 Å². The third kappa shape index (κ3) is 4.27. The highest BCUT2D eigenvalue weighted by Gasteiger charge is 2.22. The molecule has 2 aromatic carbocycles. The van der Waals surface area contributed by atoms with Crippen molar-refractivity contribution in [3.63, 3.8) is 0 Å². The summed E-state index contributed by atoms with van der Waals surface area (Å²) in [6.45, 7) is 7.89. The Morgan fingerprint density at radius 3 is 2.58 bits per heavy atom. The van der Waals surface area contributed by atoms with Crippen LogP contribution in [0.4, 0.5) is 5.13 Å². The monoisotopic (exact) mass is 432 g/mol. The summed E-state index contributed by atoms with van der Waals surface area (Å²) in [7, 11) is 0. The van der Waals surface area contributed by atoms with E-state index >= 15 is 0 Å². The molecule has 4 aromatic rings. The Labute approximate surface area is 184 Å². The molecule has 0 fully saturated rings. The molecule has 7 heteroatoms. The fraction of sp³-hybridized carbons (Fsp3) is 0.250. The number of benzene rings is 2. The van der Waals surface area contributed by atoms with E-state index in [2.05, 4.69) is 24.0 Å². The summed E-state index contributed by atoms with van der Waals surface area (Å²) in [6.07, 6.45) is 1.44. The third-order valence-electron chi connectivity index (χ3n) is 5.35. The number of carbonyl (C=O) groups is 1. The predicted octanol–water partition coefficient (Wildman–Crippen LogP) is 4.32. The van der Waals surface area contributed by atoms with Gasteiger partial charge in [-0.05, 0) is 50.5 Å². The minimum Gasteiger partial charge on any atom is -0.289 e. The molecular formula is C24H24N4O2S. The number of thiazole rings is 1. The van der Waals surface area contributed by atoms with Gasteiger partial charge in [-0.25, -0.2) is 9.97 Å². The van der Waals surface area contributed by atoms with Crippen LogP contribution in [0.3, 0.4) is 0 Å². The quantitative estimate of drug-likeness (QED) is 0.471. The number of amides is 1. The van der Waals surface area contributed by atoms with Crippen LogP contribution < -0.4 is 10.5 Å². The highest BCUT2D eigenvalue weighted by molar-refractivity contribution is 7.22. The summed E-state index contributed by atoms with van der Waals surface area (Å²) in [4.78, 5) is 36.7. The first-order valence-corrected chi connectivity index (χ1v) is 10.9. The van der Waals surface area contributed by atoms with E-state index in [-0.39, 0.29) is 18.0 Å². The van der Waals surface area contributed by atoms with Gasteiger partial charge >= 0.3 is 0 Å². The lowest BCUT2D eigenvalue weighted by atomic mass is 10.1. The molecule has 0 atom stereocenters. The van der Waals surface area contributed by atoms with Crippen molar-refractivity contribution in [3.05, 3.63) is 87.1 Å². The van der Waals surface area contributed by atoms with Gasteiger partial charge in [0.05, 0.1) is 23.1 Å². The number of hydrogen-bond acceptors (Lipinski definition) is 5. The van der Waals surface area contributed by atoms with E-state index in [4.69, 9.17) is 4.98 Å². The molecule has 0 radical (unpaired) electrons. The van der Waals surface area contributed by atoms with Gasteiger partial charge in [0, 0.05) is 11.3 Å². The fourth-order valence-corrected chi connectivity index (χ4v) is 4.68. The zero-order valence-corrected chi connectivity index (χ0v) is 18.9. The minimum atomic E-state index is -0.204. The molecule has 0 unspecified atom stereocenters. The number of hydrogen-bond donors (Lipinski definition) is 0. The van der Waals surface area contributed by atoms with Crippen molar-refractivity contribution in [3.8, 4) is 0 Å². The van der Waals surface area contributed by atoms with Gasteiger partial charge in [-0.15, -0.1) is 0 Å². The molecule has 2 heterocycles. The molecule has 0 aliphatic rings. The maximum Gasteiger partial charge on any atom is 0.256 e. The zero-order chi connectivity index (χ0) is 22.1. The van der Waals surface area contributed by atoms with Gasteiger partial charge in [0.2, 0.25) is 5.91 Å². The number of anilines is 1. The summed E-state index contributed by atoms with van der Waals surface area (Å²) in [5.74, 6) is -0.204. The van der Waals surface area contributed by atoms with Crippen LogP contribution >= 0.6 is 11.3 Å². The summed E-state index contributed by atoms with van der Waals surface area (Å²) in [6, 6.07) is 14.0. The molecule has 0 aliphatic carbocycles. The second-order valence-electron chi connectivity index (χ2n) is 7.78. The molecule has 0 bridgehead atoms. The van der Waals surface area contributed by atoms with Gasteiger partial charge in [-0.3, -0.25) is 19.1 Å². The molecule has 158 valence electrons. The van der Waals surface area contributed by atoms with Crippen LogP contribution in [0.25, 0.3) is 10.2 Å². The molecule has 0 N–H and O–H groups in total. The average molecular weight is 433 g/mol. The summed E-state index contributed by atoms with van der Waals surface area (Å²) in [5, 5.41) is 0.627. The number of aromatic nitrogens is 3. The van der Waals surface area contributed by atoms with Gasteiger partial charge in [0.25, 0.3) is 5.56 Å². The van der Waals surface area contributed by atoms with E-state index in [0.29, 0.717) is 22.9 Å².